The molecule has 3 aromatic carbocycles. The van der Waals surface area contributed by atoms with Crippen LogP contribution in [0.3, 0.4) is 0 Å². The smallest absolute Gasteiger partial charge is 0.247 e. The van der Waals surface area contributed by atoms with Gasteiger partial charge in [-0.3, -0.25) is 0 Å². The van der Waals surface area contributed by atoms with Crippen LogP contribution in [0.1, 0.15) is 23.1 Å². The fourth-order valence-corrected chi connectivity index (χ4v) is 3.18. The zero-order valence-corrected chi connectivity index (χ0v) is 16.0. The van der Waals surface area contributed by atoms with Crippen LogP contribution in [0.25, 0.3) is 11.5 Å². The molecule has 1 atom stereocenters. The van der Waals surface area contributed by atoms with E-state index in [-0.39, 0.29) is 6.04 Å². The molecule has 0 bridgehead atoms. The molecule has 0 amide bonds. The van der Waals surface area contributed by atoms with Crippen molar-refractivity contribution in [3.8, 4) is 11.5 Å². The van der Waals surface area contributed by atoms with Gasteiger partial charge >= 0.3 is 0 Å². The minimum atomic E-state index is -0.168. The number of nitrogens with zero attached hydrogens (tertiary/aromatic N) is 2. The van der Waals surface area contributed by atoms with E-state index in [0.717, 1.165) is 29.1 Å². The van der Waals surface area contributed by atoms with Crippen LogP contribution in [0.4, 0.5) is 0 Å². The summed E-state index contributed by atoms with van der Waals surface area (Å²) in [5.41, 5.74) is 3.22. The predicted molar refractivity (Wildman–Crippen MR) is 111 cm³/mol. The molecular weight excluding hydrogens is 370 g/mol. The molecule has 0 aliphatic carbocycles. The third kappa shape index (κ3) is 4.47. The van der Waals surface area contributed by atoms with Crippen molar-refractivity contribution in [1.82, 2.24) is 15.5 Å². The maximum atomic E-state index is 6.00. The summed E-state index contributed by atoms with van der Waals surface area (Å²) in [6.45, 7) is 0.768. The SMILES string of the molecule is Clc1ccc(CCN[C@@H](c2ccccc2)c2nnc(-c3ccccc3)o2)cc1. The lowest BCUT2D eigenvalue weighted by Crippen LogP contribution is -2.25. The first-order valence-corrected chi connectivity index (χ1v) is 9.59. The molecule has 0 saturated carbocycles. The van der Waals surface area contributed by atoms with Gasteiger partial charge in [0.1, 0.15) is 6.04 Å². The van der Waals surface area contributed by atoms with E-state index in [1.54, 1.807) is 0 Å². The monoisotopic (exact) mass is 389 g/mol. The number of halogens is 1. The molecule has 0 spiro atoms. The quantitative estimate of drug-likeness (QED) is 0.465. The highest BCUT2D eigenvalue weighted by atomic mass is 35.5. The fourth-order valence-electron chi connectivity index (χ4n) is 3.05. The molecule has 0 radical (unpaired) electrons. The summed E-state index contributed by atoms with van der Waals surface area (Å²) in [7, 11) is 0. The van der Waals surface area contributed by atoms with Crippen LogP contribution in [0, 0.1) is 0 Å². The summed E-state index contributed by atoms with van der Waals surface area (Å²) < 4.78 is 6.00. The Labute approximate surface area is 169 Å². The molecule has 5 heteroatoms. The largest absolute Gasteiger partial charge is 0.419 e. The second kappa shape index (κ2) is 8.83. The van der Waals surface area contributed by atoms with Crippen molar-refractivity contribution in [2.45, 2.75) is 12.5 Å². The molecule has 0 fully saturated rings. The number of hydrogen-bond donors (Lipinski definition) is 1. The first-order chi connectivity index (χ1) is 13.8. The van der Waals surface area contributed by atoms with Crippen molar-refractivity contribution in [3.63, 3.8) is 0 Å². The summed E-state index contributed by atoms with van der Waals surface area (Å²) >= 11 is 5.97. The Morgan fingerprint density at radius 1 is 0.821 bits per heavy atom. The zero-order valence-electron chi connectivity index (χ0n) is 15.3. The van der Waals surface area contributed by atoms with Crippen molar-refractivity contribution >= 4 is 11.6 Å². The van der Waals surface area contributed by atoms with Gasteiger partial charge in [-0.05, 0) is 41.8 Å². The van der Waals surface area contributed by atoms with Crippen LogP contribution in [0.5, 0.6) is 0 Å². The molecular formula is C23H20ClN3O. The van der Waals surface area contributed by atoms with Gasteiger partial charge in [-0.15, -0.1) is 10.2 Å². The fraction of sp³-hybridized carbons (Fsp3) is 0.130. The van der Waals surface area contributed by atoms with Gasteiger partial charge in [0.15, 0.2) is 0 Å². The highest BCUT2D eigenvalue weighted by Crippen LogP contribution is 2.25. The molecule has 0 saturated heterocycles. The Morgan fingerprint density at radius 3 is 2.21 bits per heavy atom. The molecule has 1 heterocycles. The van der Waals surface area contributed by atoms with Crippen LogP contribution in [-0.2, 0) is 6.42 Å². The maximum Gasteiger partial charge on any atom is 0.247 e. The minimum absolute atomic E-state index is 0.168. The number of hydrogen-bond acceptors (Lipinski definition) is 4. The number of benzene rings is 3. The lowest BCUT2D eigenvalue weighted by molar-refractivity contribution is 0.440. The Bertz CT molecular complexity index is 1000. The molecule has 0 unspecified atom stereocenters. The van der Waals surface area contributed by atoms with Gasteiger partial charge < -0.3 is 9.73 Å². The summed E-state index contributed by atoms with van der Waals surface area (Å²) in [5.74, 6) is 1.08. The van der Waals surface area contributed by atoms with Crippen molar-refractivity contribution in [3.05, 3.63) is 107 Å². The topological polar surface area (TPSA) is 51.0 Å². The highest BCUT2D eigenvalue weighted by molar-refractivity contribution is 6.30. The van der Waals surface area contributed by atoms with Gasteiger partial charge in [-0.25, -0.2) is 0 Å². The molecule has 1 aromatic heterocycles. The molecule has 4 aromatic rings. The van der Waals surface area contributed by atoms with Crippen LogP contribution in [0.15, 0.2) is 89.3 Å². The summed E-state index contributed by atoms with van der Waals surface area (Å²) in [6, 6.07) is 27.7. The van der Waals surface area contributed by atoms with Gasteiger partial charge in [0.25, 0.3) is 0 Å². The standard InChI is InChI=1S/C23H20ClN3O/c24-20-13-11-17(12-14-20)15-16-25-21(18-7-3-1-4-8-18)23-27-26-22(28-23)19-9-5-2-6-10-19/h1-14,21,25H,15-16H2/t21-/m0/s1. The minimum Gasteiger partial charge on any atom is -0.419 e. The second-order valence-electron chi connectivity index (χ2n) is 6.49. The average molecular weight is 390 g/mol. The molecule has 1 N–H and O–H groups in total. The summed E-state index contributed by atoms with van der Waals surface area (Å²) in [6.07, 6.45) is 0.875. The number of nitrogens with one attached hydrogen (secondary N) is 1. The molecule has 140 valence electrons. The molecule has 4 nitrogen and oxygen atoms in total. The normalized spacial score (nSPS) is 12.0. The Morgan fingerprint density at radius 2 is 1.50 bits per heavy atom. The molecule has 0 aliphatic rings. The highest BCUT2D eigenvalue weighted by Gasteiger charge is 2.20. The Balaban J connectivity index is 1.53. The van der Waals surface area contributed by atoms with Crippen molar-refractivity contribution < 1.29 is 4.42 Å². The van der Waals surface area contributed by atoms with Gasteiger partial charge in [0, 0.05) is 17.1 Å². The van der Waals surface area contributed by atoms with Crippen LogP contribution in [-0.4, -0.2) is 16.7 Å². The van der Waals surface area contributed by atoms with Crippen LogP contribution in [0.2, 0.25) is 5.02 Å². The molecule has 28 heavy (non-hydrogen) atoms. The maximum absolute atomic E-state index is 6.00. The lowest BCUT2D eigenvalue weighted by Gasteiger charge is -2.15. The van der Waals surface area contributed by atoms with E-state index in [9.17, 15) is 0 Å². The van der Waals surface area contributed by atoms with Gasteiger partial charge in [-0.2, -0.15) is 0 Å². The van der Waals surface area contributed by atoms with Crippen LogP contribution < -0.4 is 5.32 Å². The number of rotatable bonds is 7. The summed E-state index contributed by atoms with van der Waals surface area (Å²) in [4.78, 5) is 0. The Hall–Kier alpha value is -2.95. The van der Waals surface area contributed by atoms with E-state index in [1.165, 1.54) is 5.56 Å². The van der Waals surface area contributed by atoms with E-state index >= 15 is 0 Å². The third-order valence-corrected chi connectivity index (χ3v) is 4.77. The lowest BCUT2D eigenvalue weighted by atomic mass is 10.1. The first kappa shape index (κ1) is 18.4. The zero-order chi connectivity index (χ0) is 19.2. The van der Waals surface area contributed by atoms with Crippen molar-refractivity contribution in [2.75, 3.05) is 6.54 Å². The van der Waals surface area contributed by atoms with E-state index in [4.69, 9.17) is 16.0 Å². The predicted octanol–water partition coefficient (Wildman–Crippen LogP) is 5.31. The third-order valence-electron chi connectivity index (χ3n) is 4.52. The number of aromatic nitrogens is 2. The van der Waals surface area contributed by atoms with Gasteiger partial charge in [0.05, 0.1) is 0 Å². The average Bonchev–Trinajstić information content (AvgIpc) is 3.24. The van der Waals surface area contributed by atoms with Gasteiger partial charge in [-0.1, -0.05) is 72.3 Å². The molecule has 4 rings (SSSR count). The van der Waals surface area contributed by atoms with E-state index < -0.39 is 0 Å². The second-order valence-corrected chi connectivity index (χ2v) is 6.92. The van der Waals surface area contributed by atoms with Crippen molar-refractivity contribution in [1.29, 1.82) is 0 Å². The molecule has 0 aliphatic heterocycles. The van der Waals surface area contributed by atoms with E-state index in [2.05, 4.69) is 27.6 Å². The van der Waals surface area contributed by atoms with Crippen LogP contribution >= 0.6 is 11.6 Å². The summed E-state index contributed by atoms with van der Waals surface area (Å²) in [5, 5.41) is 12.8. The van der Waals surface area contributed by atoms with E-state index in [0.29, 0.717) is 11.8 Å². The Kier molecular flexibility index (Phi) is 5.80. The van der Waals surface area contributed by atoms with E-state index in [1.807, 2.05) is 72.8 Å². The van der Waals surface area contributed by atoms with Gasteiger partial charge in [0.2, 0.25) is 11.8 Å². The first-order valence-electron chi connectivity index (χ1n) is 9.21. The van der Waals surface area contributed by atoms with Crippen molar-refractivity contribution in [2.24, 2.45) is 0 Å².